The molecule has 0 aromatic heterocycles. The summed E-state index contributed by atoms with van der Waals surface area (Å²) in [4.78, 5) is 10.2. The van der Waals surface area contributed by atoms with E-state index < -0.39 is 0 Å². The summed E-state index contributed by atoms with van der Waals surface area (Å²) in [6.45, 7) is 2.11. The van der Waals surface area contributed by atoms with Crippen molar-refractivity contribution in [2.24, 2.45) is 0 Å². The summed E-state index contributed by atoms with van der Waals surface area (Å²) in [5, 5.41) is 13.7. The van der Waals surface area contributed by atoms with Crippen LogP contribution in [0.4, 0.5) is 5.69 Å². The smallest absolute Gasteiger partial charge is 0.270 e. The lowest BCUT2D eigenvalue weighted by Crippen LogP contribution is -2.21. The van der Waals surface area contributed by atoms with E-state index in [0.29, 0.717) is 6.04 Å². The minimum absolute atomic E-state index is 0.122. The third kappa shape index (κ3) is 3.57. The van der Waals surface area contributed by atoms with Gasteiger partial charge in [0.25, 0.3) is 5.69 Å². The molecule has 0 saturated heterocycles. The number of hydrogen-bond acceptors (Lipinski definition) is 3. The molecule has 0 aliphatic rings. The maximum absolute atomic E-state index is 10.6. The molecule has 1 unspecified atom stereocenters. The Bertz CT molecular complexity index is 382. The van der Waals surface area contributed by atoms with Gasteiger partial charge in [-0.25, -0.2) is 0 Å². The van der Waals surface area contributed by atoms with Crippen LogP contribution in [-0.2, 0) is 6.42 Å². The first-order valence-electron chi connectivity index (χ1n) is 5.14. The van der Waals surface area contributed by atoms with Crippen LogP contribution >= 0.6 is 15.9 Å². The summed E-state index contributed by atoms with van der Waals surface area (Å²) in [5.41, 5.74) is 1.23. The number of nitrogens with zero attached hydrogens (tertiary/aromatic N) is 1. The van der Waals surface area contributed by atoms with Gasteiger partial charge in [0.15, 0.2) is 0 Å². The topological polar surface area (TPSA) is 55.2 Å². The molecule has 1 aromatic rings. The van der Waals surface area contributed by atoms with Crippen LogP contribution in [0.1, 0.15) is 18.9 Å². The lowest BCUT2D eigenvalue weighted by Gasteiger charge is -2.10. The van der Waals surface area contributed by atoms with Crippen LogP contribution in [0.3, 0.4) is 0 Å². The maximum Gasteiger partial charge on any atom is 0.270 e. The first-order valence-corrected chi connectivity index (χ1v) is 5.94. The Morgan fingerprint density at radius 2 is 2.25 bits per heavy atom. The SMILES string of the molecule is CNC(C)CCc1ccc([N+](=O)[O-])cc1Br. The molecule has 1 N–H and O–H groups in total. The summed E-state index contributed by atoms with van der Waals surface area (Å²) in [6, 6.07) is 5.36. The highest BCUT2D eigenvalue weighted by Crippen LogP contribution is 2.24. The molecule has 0 heterocycles. The molecule has 1 rings (SSSR count). The van der Waals surface area contributed by atoms with Crippen LogP contribution in [0.2, 0.25) is 0 Å². The van der Waals surface area contributed by atoms with Crippen LogP contribution in [0.15, 0.2) is 22.7 Å². The largest absolute Gasteiger partial charge is 0.317 e. The van der Waals surface area contributed by atoms with E-state index in [4.69, 9.17) is 0 Å². The molecular weight excluding hydrogens is 272 g/mol. The summed E-state index contributed by atoms with van der Waals surface area (Å²) >= 11 is 3.36. The molecule has 88 valence electrons. The maximum atomic E-state index is 10.6. The average molecular weight is 287 g/mol. The van der Waals surface area contributed by atoms with Gasteiger partial charge >= 0.3 is 0 Å². The Labute approximate surface area is 103 Å². The third-order valence-electron chi connectivity index (χ3n) is 2.59. The van der Waals surface area contributed by atoms with Crippen LogP contribution in [0.5, 0.6) is 0 Å². The van der Waals surface area contributed by atoms with Gasteiger partial charge in [-0.3, -0.25) is 10.1 Å². The highest BCUT2D eigenvalue weighted by molar-refractivity contribution is 9.10. The van der Waals surface area contributed by atoms with Crippen LogP contribution in [-0.4, -0.2) is 18.0 Å². The van der Waals surface area contributed by atoms with E-state index >= 15 is 0 Å². The Morgan fingerprint density at radius 3 is 2.75 bits per heavy atom. The fourth-order valence-corrected chi connectivity index (χ4v) is 1.93. The van der Waals surface area contributed by atoms with E-state index in [1.807, 2.05) is 13.1 Å². The van der Waals surface area contributed by atoms with Gasteiger partial charge in [0, 0.05) is 22.6 Å². The Kier molecular flexibility index (Phi) is 4.89. The van der Waals surface area contributed by atoms with Gasteiger partial charge in [-0.2, -0.15) is 0 Å². The van der Waals surface area contributed by atoms with Crippen molar-refractivity contribution >= 4 is 21.6 Å². The second-order valence-electron chi connectivity index (χ2n) is 3.76. The minimum Gasteiger partial charge on any atom is -0.317 e. The number of benzene rings is 1. The first-order chi connectivity index (χ1) is 7.54. The van der Waals surface area contributed by atoms with Crippen molar-refractivity contribution in [1.82, 2.24) is 5.32 Å². The van der Waals surface area contributed by atoms with Crippen LogP contribution < -0.4 is 5.32 Å². The molecule has 0 fully saturated rings. The second kappa shape index (κ2) is 5.96. The zero-order valence-corrected chi connectivity index (χ0v) is 11.0. The Morgan fingerprint density at radius 1 is 1.56 bits per heavy atom. The molecule has 0 aliphatic heterocycles. The van der Waals surface area contributed by atoms with Gasteiger partial charge in [-0.05, 0) is 32.4 Å². The van der Waals surface area contributed by atoms with E-state index in [2.05, 4.69) is 28.2 Å². The normalized spacial score (nSPS) is 12.4. The van der Waals surface area contributed by atoms with E-state index in [-0.39, 0.29) is 10.6 Å². The molecule has 0 bridgehead atoms. The number of nitrogens with one attached hydrogen (secondary N) is 1. The number of nitro benzene ring substituents is 1. The van der Waals surface area contributed by atoms with Gasteiger partial charge < -0.3 is 5.32 Å². The fraction of sp³-hybridized carbons (Fsp3) is 0.455. The molecule has 0 aliphatic carbocycles. The summed E-state index contributed by atoms with van der Waals surface area (Å²) < 4.78 is 0.810. The molecular formula is C11H15BrN2O2. The van der Waals surface area contributed by atoms with Crippen LogP contribution in [0, 0.1) is 10.1 Å². The molecule has 16 heavy (non-hydrogen) atoms. The molecule has 5 heteroatoms. The molecule has 4 nitrogen and oxygen atoms in total. The summed E-state index contributed by atoms with van der Waals surface area (Å²) in [6.07, 6.45) is 1.91. The van der Waals surface area contributed by atoms with Gasteiger partial charge in [0.2, 0.25) is 0 Å². The van der Waals surface area contributed by atoms with Crippen molar-refractivity contribution < 1.29 is 4.92 Å². The second-order valence-corrected chi connectivity index (χ2v) is 4.62. The van der Waals surface area contributed by atoms with Crippen molar-refractivity contribution in [1.29, 1.82) is 0 Å². The van der Waals surface area contributed by atoms with Crippen molar-refractivity contribution in [2.75, 3.05) is 7.05 Å². The molecule has 0 spiro atoms. The van der Waals surface area contributed by atoms with E-state index in [9.17, 15) is 10.1 Å². The number of non-ortho nitro benzene ring substituents is 1. The predicted octanol–water partition coefficient (Wildman–Crippen LogP) is 2.90. The minimum atomic E-state index is -0.384. The first kappa shape index (κ1) is 13.1. The highest BCUT2D eigenvalue weighted by atomic mass is 79.9. The van der Waals surface area contributed by atoms with Gasteiger partial charge in [-0.15, -0.1) is 0 Å². The number of aryl methyl sites for hydroxylation is 1. The molecule has 0 saturated carbocycles. The van der Waals surface area contributed by atoms with Gasteiger partial charge in [0.1, 0.15) is 0 Å². The predicted molar refractivity (Wildman–Crippen MR) is 67.6 cm³/mol. The fourth-order valence-electron chi connectivity index (χ4n) is 1.37. The number of nitro groups is 1. The van der Waals surface area contributed by atoms with Crippen molar-refractivity contribution in [3.05, 3.63) is 38.3 Å². The van der Waals surface area contributed by atoms with Gasteiger partial charge in [-0.1, -0.05) is 22.0 Å². The van der Waals surface area contributed by atoms with Crippen molar-refractivity contribution in [3.63, 3.8) is 0 Å². The molecule has 1 aromatic carbocycles. The quantitative estimate of drug-likeness (QED) is 0.669. The molecule has 1 atom stereocenters. The van der Waals surface area contributed by atoms with E-state index in [0.717, 1.165) is 22.9 Å². The monoisotopic (exact) mass is 286 g/mol. The summed E-state index contributed by atoms with van der Waals surface area (Å²) in [5.74, 6) is 0. The molecule has 0 amide bonds. The van der Waals surface area contributed by atoms with E-state index in [1.165, 1.54) is 0 Å². The Hall–Kier alpha value is -0.940. The zero-order valence-electron chi connectivity index (χ0n) is 9.37. The lowest BCUT2D eigenvalue weighted by molar-refractivity contribution is -0.384. The summed E-state index contributed by atoms with van der Waals surface area (Å²) in [7, 11) is 1.93. The number of hydrogen-bond donors (Lipinski definition) is 1. The van der Waals surface area contributed by atoms with Gasteiger partial charge in [0.05, 0.1) is 4.92 Å². The number of halogens is 1. The zero-order chi connectivity index (χ0) is 12.1. The lowest BCUT2D eigenvalue weighted by atomic mass is 10.1. The average Bonchev–Trinajstić information content (AvgIpc) is 2.26. The van der Waals surface area contributed by atoms with Crippen molar-refractivity contribution in [2.45, 2.75) is 25.8 Å². The third-order valence-corrected chi connectivity index (χ3v) is 3.33. The number of rotatable bonds is 5. The molecule has 0 radical (unpaired) electrons. The van der Waals surface area contributed by atoms with E-state index in [1.54, 1.807) is 12.1 Å². The van der Waals surface area contributed by atoms with Crippen LogP contribution in [0.25, 0.3) is 0 Å². The van der Waals surface area contributed by atoms with Crippen molar-refractivity contribution in [3.8, 4) is 0 Å². The standard InChI is InChI=1S/C11H15BrN2O2/c1-8(13-2)3-4-9-5-6-10(14(15)16)7-11(9)12/h5-8,13H,3-4H2,1-2H3. The Balaban J connectivity index is 2.72. The highest BCUT2D eigenvalue weighted by Gasteiger charge is 2.09.